The topological polar surface area (TPSA) is 52.6 Å². The Balaban J connectivity index is 2.58. The van der Waals surface area contributed by atoms with Crippen molar-refractivity contribution in [3.63, 3.8) is 0 Å². The number of methoxy groups -OCH3 is 1. The molecule has 0 aliphatic carbocycles. The first-order valence-electron chi connectivity index (χ1n) is 4.63. The van der Waals surface area contributed by atoms with Crippen LogP contribution in [0.15, 0.2) is 24.3 Å². The van der Waals surface area contributed by atoms with Gasteiger partial charge in [-0.15, -0.1) is 0 Å². The van der Waals surface area contributed by atoms with E-state index in [0.29, 0.717) is 5.75 Å². The van der Waals surface area contributed by atoms with E-state index in [1.54, 1.807) is 0 Å². The second kappa shape index (κ2) is 5.96. The van der Waals surface area contributed by atoms with Gasteiger partial charge in [-0.05, 0) is 24.3 Å². The van der Waals surface area contributed by atoms with Crippen molar-refractivity contribution in [2.75, 3.05) is 13.7 Å². The van der Waals surface area contributed by atoms with Crippen molar-refractivity contribution in [1.29, 1.82) is 0 Å². The third kappa shape index (κ3) is 4.11. The van der Waals surface area contributed by atoms with E-state index < -0.39 is 29.0 Å². The molecule has 1 atom stereocenters. The number of hydrogen-bond acceptors (Lipinski definition) is 4. The van der Waals surface area contributed by atoms with Crippen LogP contribution in [0.2, 0.25) is 0 Å². The van der Waals surface area contributed by atoms with E-state index in [0.717, 1.165) is 0 Å². The van der Waals surface area contributed by atoms with E-state index in [4.69, 9.17) is 4.74 Å². The van der Waals surface area contributed by atoms with Crippen molar-refractivity contribution in [2.45, 2.75) is 5.51 Å². The Labute approximate surface area is 103 Å². The molecule has 8 heteroatoms. The number of alkyl halides is 3. The number of benzene rings is 1. The maximum atomic E-state index is 11.8. The number of hydrogen-bond donors (Lipinski definition) is 0. The zero-order valence-corrected chi connectivity index (χ0v) is 10.0. The van der Waals surface area contributed by atoms with Gasteiger partial charge in [-0.2, -0.15) is 13.2 Å². The van der Waals surface area contributed by atoms with E-state index in [9.17, 15) is 22.2 Å². The van der Waals surface area contributed by atoms with Gasteiger partial charge in [0.1, 0.15) is 12.4 Å². The predicted octanol–water partition coefficient (Wildman–Crippen LogP) is 2.08. The van der Waals surface area contributed by atoms with Crippen LogP contribution in [0.4, 0.5) is 13.2 Å². The molecule has 0 N–H and O–H groups in total. The number of carbonyl (C=O) groups excluding carboxylic acids is 1. The monoisotopic (exact) mass is 282 g/mol. The molecule has 0 aliphatic rings. The van der Waals surface area contributed by atoms with E-state index in [1.165, 1.54) is 31.4 Å². The zero-order valence-electron chi connectivity index (χ0n) is 9.19. The molecule has 1 unspecified atom stereocenters. The molecule has 0 amide bonds. The first-order chi connectivity index (χ1) is 8.34. The minimum Gasteiger partial charge on any atom is -0.497 e. The van der Waals surface area contributed by atoms with Crippen molar-refractivity contribution in [3.05, 3.63) is 29.8 Å². The van der Waals surface area contributed by atoms with E-state index in [1.807, 2.05) is 0 Å². The molecule has 0 heterocycles. The fourth-order valence-electron chi connectivity index (χ4n) is 1.03. The van der Waals surface area contributed by atoms with Crippen molar-refractivity contribution in [1.82, 2.24) is 0 Å². The molecule has 0 saturated heterocycles. The Morgan fingerprint density at radius 3 is 2.28 bits per heavy atom. The maximum Gasteiger partial charge on any atom is 0.497 e. The number of carbonyl (C=O) groups is 1. The van der Waals surface area contributed by atoms with Gasteiger partial charge in [0.2, 0.25) is 0 Å². The van der Waals surface area contributed by atoms with Gasteiger partial charge in [0.15, 0.2) is 5.78 Å². The van der Waals surface area contributed by atoms with Crippen LogP contribution in [0, 0.1) is 0 Å². The summed E-state index contributed by atoms with van der Waals surface area (Å²) < 4.78 is 54.8. The van der Waals surface area contributed by atoms with Crippen LogP contribution in [0.25, 0.3) is 0 Å². The minimum absolute atomic E-state index is 0.148. The second-order valence-electron chi connectivity index (χ2n) is 3.09. The molecule has 18 heavy (non-hydrogen) atoms. The van der Waals surface area contributed by atoms with Gasteiger partial charge >= 0.3 is 5.51 Å². The number of Topliss-reactive ketones (excluding diaryl/α,β-unsaturated/α-hetero) is 1. The van der Waals surface area contributed by atoms with E-state index in [2.05, 4.69) is 4.18 Å². The molecule has 1 rings (SSSR count). The van der Waals surface area contributed by atoms with Gasteiger partial charge in [-0.25, -0.2) is 4.21 Å². The second-order valence-corrected chi connectivity index (χ2v) is 4.26. The van der Waals surface area contributed by atoms with Gasteiger partial charge < -0.3 is 4.74 Å². The van der Waals surface area contributed by atoms with Crippen LogP contribution < -0.4 is 4.74 Å². The summed E-state index contributed by atoms with van der Waals surface area (Å²) in [5, 5.41) is 0. The highest BCUT2D eigenvalue weighted by molar-refractivity contribution is 7.81. The molecule has 0 radical (unpaired) electrons. The largest absolute Gasteiger partial charge is 0.497 e. The summed E-state index contributed by atoms with van der Waals surface area (Å²) in [4.78, 5) is 11.4. The lowest BCUT2D eigenvalue weighted by molar-refractivity contribution is -0.0467. The van der Waals surface area contributed by atoms with E-state index in [-0.39, 0.29) is 5.56 Å². The maximum absolute atomic E-state index is 11.8. The molecule has 1 aromatic carbocycles. The molecule has 0 spiro atoms. The predicted molar refractivity (Wildman–Crippen MR) is 57.5 cm³/mol. The summed E-state index contributed by atoms with van der Waals surface area (Å²) in [6, 6.07) is 5.71. The molecule has 0 bridgehead atoms. The smallest absolute Gasteiger partial charge is 0.497 e. The van der Waals surface area contributed by atoms with Gasteiger partial charge in [0.25, 0.3) is 11.1 Å². The first-order valence-corrected chi connectivity index (χ1v) is 5.71. The summed E-state index contributed by atoms with van der Waals surface area (Å²) in [5.74, 6) is -0.193. The fraction of sp³-hybridized carbons (Fsp3) is 0.300. The number of ether oxygens (including phenoxy) is 1. The molecule has 0 aromatic heterocycles. The number of halogens is 3. The normalized spacial score (nSPS) is 13.1. The third-order valence-corrected chi connectivity index (χ3v) is 2.61. The summed E-state index contributed by atoms with van der Waals surface area (Å²) in [7, 11) is 1.44. The summed E-state index contributed by atoms with van der Waals surface area (Å²) in [6.07, 6.45) is 0. The molecular formula is C10H9F3O4S. The lowest BCUT2D eigenvalue weighted by Gasteiger charge is -2.06. The molecule has 0 saturated carbocycles. The summed E-state index contributed by atoms with van der Waals surface area (Å²) in [5.41, 5.74) is -4.84. The van der Waals surface area contributed by atoms with Gasteiger partial charge in [-0.3, -0.25) is 8.98 Å². The minimum atomic E-state index is -4.99. The van der Waals surface area contributed by atoms with Crippen LogP contribution >= 0.6 is 0 Å². The summed E-state index contributed by atoms with van der Waals surface area (Å²) in [6.45, 7) is -0.904. The van der Waals surface area contributed by atoms with Gasteiger partial charge in [0, 0.05) is 5.56 Å². The van der Waals surface area contributed by atoms with Crippen LogP contribution in [-0.4, -0.2) is 29.2 Å². The highest BCUT2D eigenvalue weighted by atomic mass is 32.2. The van der Waals surface area contributed by atoms with Crippen LogP contribution in [0.1, 0.15) is 10.4 Å². The highest BCUT2D eigenvalue weighted by Gasteiger charge is 2.38. The lowest BCUT2D eigenvalue weighted by Crippen LogP contribution is -2.21. The summed E-state index contributed by atoms with van der Waals surface area (Å²) >= 11 is -3.48. The fourth-order valence-corrected chi connectivity index (χ4v) is 1.38. The number of rotatable bonds is 5. The van der Waals surface area contributed by atoms with Crippen LogP contribution in [-0.2, 0) is 15.3 Å². The third-order valence-electron chi connectivity index (χ3n) is 1.90. The van der Waals surface area contributed by atoms with Gasteiger partial charge in [0.05, 0.1) is 7.11 Å². The quantitative estimate of drug-likeness (QED) is 0.776. The van der Waals surface area contributed by atoms with Crippen molar-refractivity contribution in [2.24, 2.45) is 0 Å². The number of ketones is 1. The molecule has 100 valence electrons. The van der Waals surface area contributed by atoms with Crippen molar-refractivity contribution in [3.8, 4) is 5.75 Å². The molecule has 1 aromatic rings. The Morgan fingerprint density at radius 2 is 1.83 bits per heavy atom. The molecule has 4 nitrogen and oxygen atoms in total. The Kier molecular flexibility index (Phi) is 4.85. The Morgan fingerprint density at radius 1 is 1.28 bits per heavy atom. The lowest BCUT2D eigenvalue weighted by atomic mass is 10.1. The van der Waals surface area contributed by atoms with Gasteiger partial charge in [-0.1, -0.05) is 0 Å². The van der Waals surface area contributed by atoms with Crippen LogP contribution in [0.5, 0.6) is 5.75 Å². The average Bonchev–Trinajstić information content (AvgIpc) is 2.34. The Hall–Kier alpha value is -1.41. The van der Waals surface area contributed by atoms with E-state index >= 15 is 0 Å². The van der Waals surface area contributed by atoms with Crippen molar-refractivity contribution >= 4 is 16.9 Å². The average molecular weight is 282 g/mol. The molecule has 0 fully saturated rings. The standard InChI is InChI=1S/C10H9F3O4S/c1-16-8-4-2-7(3-5-8)9(14)6-17-18(15)10(11,12)13/h2-5H,6H2,1H3. The zero-order chi connectivity index (χ0) is 13.8. The molecule has 0 aliphatic heterocycles. The van der Waals surface area contributed by atoms with Crippen molar-refractivity contribution < 1.29 is 31.1 Å². The molecular weight excluding hydrogens is 273 g/mol. The highest BCUT2D eigenvalue weighted by Crippen LogP contribution is 2.21. The Bertz CT molecular complexity index is 441. The first kappa shape index (κ1) is 14.7. The SMILES string of the molecule is COc1ccc(C(=O)COS(=O)C(F)(F)F)cc1. The van der Waals surface area contributed by atoms with Crippen LogP contribution in [0.3, 0.4) is 0 Å².